The molecule has 0 aliphatic rings. The summed E-state index contributed by atoms with van der Waals surface area (Å²) in [5.41, 5.74) is -2.97. The summed E-state index contributed by atoms with van der Waals surface area (Å²) in [5, 5.41) is 28.5. The standard InChI is InChI=1S/C26H9F4N5/c1-13-4-6-16(15(8-13)10-31)18-9-14(20(12-33)34-2)5-7-17(18)19(11-32)21-22(27)24(29)26(35-3)25(30)23(21)28/h4-9H,1H3/b19-17+,20-14+. The van der Waals surface area contributed by atoms with Crippen LogP contribution in [0.1, 0.15) is 16.7 Å². The fourth-order valence-electron chi connectivity index (χ4n) is 3.46. The number of aryl methyl sites for hydroxylation is 1. The van der Waals surface area contributed by atoms with E-state index in [0.717, 1.165) is 6.07 Å². The molecule has 3 aromatic carbocycles. The minimum atomic E-state index is -1.96. The molecule has 0 saturated carbocycles. The van der Waals surface area contributed by atoms with Crippen LogP contribution in [0.2, 0.25) is 0 Å². The lowest BCUT2D eigenvalue weighted by Gasteiger charge is -2.12. The highest BCUT2D eigenvalue weighted by atomic mass is 19.2. The molecule has 5 nitrogen and oxygen atoms in total. The van der Waals surface area contributed by atoms with E-state index in [2.05, 4.69) is 9.69 Å². The summed E-state index contributed by atoms with van der Waals surface area (Å²) in [6, 6.07) is 13.5. The Labute approximate surface area is 196 Å². The minimum absolute atomic E-state index is 0.0147. The first kappa shape index (κ1) is 24.2. The van der Waals surface area contributed by atoms with Crippen molar-refractivity contribution >= 4 is 17.0 Å². The predicted molar refractivity (Wildman–Crippen MR) is 117 cm³/mol. The Morgan fingerprint density at radius 1 is 0.829 bits per heavy atom. The van der Waals surface area contributed by atoms with Gasteiger partial charge in [-0.1, -0.05) is 30.3 Å². The first-order valence-electron chi connectivity index (χ1n) is 9.55. The van der Waals surface area contributed by atoms with Crippen molar-refractivity contribution in [1.82, 2.24) is 0 Å². The lowest BCUT2D eigenvalue weighted by molar-refractivity contribution is 0.457. The highest BCUT2D eigenvalue weighted by molar-refractivity contribution is 5.84. The molecule has 0 heterocycles. The molecule has 9 heteroatoms. The van der Waals surface area contributed by atoms with Gasteiger partial charge in [0.2, 0.25) is 0 Å². The van der Waals surface area contributed by atoms with Gasteiger partial charge in [0.15, 0.2) is 23.3 Å². The van der Waals surface area contributed by atoms with Gasteiger partial charge < -0.3 is 0 Å². The Morgan fingerprint density at radius 3 is 2.00 bits per heavy atom. The zero-order chi connectivity index (χ0) is 25.9. The quantitative estimate of drug-likeness (QED) is 0.305. The molecule has 166 valence electrons. The molecule has 0 atom stereocenters. The fourth-order valence-corrected chi connectivity index (χ4v) is 3.46. The first-order chi connectivity index (χ1) is 16.7. The molecular formula is C26H9F4N5. The molecule has 0 aromatic heterocycles. The van der Waals surface area contributed by atoms with Gasteiger partial charge in [-0.3, -0.25) is 0 Å². The Bertz CT molecular complexity index is 1710. The average Bonchev–Trinajstić information content (AvgIpc) is 2.86. The number of benzene rings is 3. The smallest absolute Gasteiger partial charge is 0.232 e. The predicted octanol–water partition coefficient (Wildman–Crippen LogP) is 4.91. The van der Waals surface area contributed by atoms with E-state index >= 15 is 0 Å². The molecule has 3 aromatic rings. The fraction of sp³-hybridized carbons (Fsp3) is 0.0385. The maximum absolute atomic E-state index is 14.8. The van der Waals surface area contributed by atoms with Crippen molar-refractivity contribution in [2.45, 2.75) is 6.92 Å². The molecule has 0 aliphatic heterocycles. The second-order valence-electron chi connectivity index (χ2n) is 7.07. The number of hydrogen-bond acceptors (Lipinski definition) is 3. The maximum Gasteiger partial charge on any atom is 0.268 e. The number of rotatable bonds is 2. The van der Waals surface area contributed by atoms with Crippen LogP contribution in [0.25, 0.3) is 32.1 Å². The van der Waals surface area contributed by atoms with Crippen molar-refractivity contribution in [2.75, 3.05) is 0 Å². The van der Waals surface area contributed by atoms with Gasteiger partial charge in [-0.25, -0.2) is 32.5 Å². The molecular weight excluding hydrogens is 458 g/mol. The van der Waals surface area contributed by atoms with Gasteiger partial charge >= 0.3 is 0 Å². The Hall–Kier alpha value is -5.43. The summed E-state index contributed by atoms with van der Waals surface area (Å²) in [6.45, 7) is 15.7. The van der Waals surface area contributed by atoms with E-state index in [9.17, 15) is 33.3 Å². The monoisotopic (exact) mass is 467 g/mol. The Balaban J connectivity index is 2.67. The SMILES string of the molecule is [C-]#[N+]/C(C#N)=c1\cc/c(=C(/C#N)c2c(F)c(F)c([N+]#[C-])c(F)c2F)c(-c2ccc(C)cc2C#N)c1. The van der Waals surface area contributed by atoms with Crippen molar-refractivity contribution < 1.29 is 17.6 Å². The van der Waals surface area contributed by atoms with E-state index in [-0.39, 0.29) is 32.8 Å². The van der Waals surface area contributed by atoms with E-state index in [0.29, 0.717) is 5.56 Å². The van der Waals surface area contributed by atoms with E-state index in [1.807, 2.05) is 6.07 Å². The molecule has 0 unspecified atom stereocenters. The molecule has 0 saturated heterocycles. The third-order valence-corrected chi connectivity index (χ3v) is 5.08. The molecule has 3 rings (SSSR count). The normalized spacial score (nSPS) is 11.8. The van der Waals surface area contributed by atoms with Gasteiger partial charge in [0.1, 0.15) is 6.07 Å². The molecule has 0 spiro atoms. The molecule has 0 bridgehead atoms. The minimum Gasteiger partial charge on any atom is -0.232 e. The zero-order valence-electron chi connectivity index (χ0n) is 17.7. The molecule has 0 fully saturated rings. The third-order valence-electron chi connectivity index (χ3n) is 5.08. The first-order valence-corrected chi connectivity index (χ1v) is 9.55. The topological polar surface area (TPSA) is 80.1 Å². The highest BCUT2D eigenvalue weighted by Crippen LogP contribution is 2.33. The van der Waals surface area contributed by atoms with Gasteiger partial charge in [0.25, 0.3) is 11.4 Å². The maximum atomic E-state index is 14.8. The summed E-state index contributed by atoms with van der Waals surface area (Å²) < 4.78 is 58.3. The molecule has 0 aliphatic carbocycles. The van der Waals surface area contributed by atoms with Crippen LogP contribution in [-0.2, 0) is 0 Å². The van der Waals surface area contributed by atoms with Crippen molar-refractivity contribution in [2.24, 2.45) is 0 Å². The summed E-state index contributed by atoms with van der Waals surface area (Å²) >= 11 is 0. The Kier molecular flexibility index (Phi) is 6.64. The summed E-state index contributed by atoms with van der Waals surface area (Å²) in [7, 11) is 0. The zero-order valence-corrected chi connectivity index (χ0v) is 17.7. The van der Waals surface area contributed by atoms with Crippen LogP contribution in [-0.4, -0.2) is 0 Å². The van der Waals surface area contributed by atoms with Crippen LogP contribution in [0.15, 0.2) is 36.4 Å². The van der Waals surface area contributed by atoms with E-state index < -0.39 is 40.1 Å². The molecule has 0 amide bonds. The summed E-state index contributed by atoms with van der Waals surface area (Å²) in [5.74, 6) is -7.78. The third kappa shape index (κ3) is 4.05. The van der Waals surface area contributed by atoms with Gasteiger partial charge in [0.05, 0.1) is 42.0 Å². The van der Waals surface area contributed by atoms with Crippen molar-refractivity contribution in [3.63, 3.8) is 0 Å². The van der Waals surface area contributed by atoms with Crippen LogP contribution < -0.4 is 10.4 Å². The van der Waals surface area contributed by atoms with Gasteiger partial charge in [-0.15, -0.1) is 0 Å². The highest BCUT2D eigenvalue weighted by Gasteiger charge is 2.28. The number of nitriles is 3. The number of hydrogen-bond donors (Lipinski definition) is 0. The molecule has 0 radical (unpaired) electrons. The van der Waals surface area contributed by atoms with Crippen LogP contribution in [0, 0.1) is 77.3 Å². The summed E-state index contributed by atoms with van der Waals surface area (Å²) in [6.07, 6.45) is 0. The number of nitrogens with zero attached hydrogens (tertiary/aromatic N) is 5. The van der Waals surface area contributed by atoms with Crippen LogP contribution >= 0.6 is 0 Å². The number of halogens is 4. The average molecular weight is 467 g/mol. The van der Waals surface area contributed by atoms with Crippen LogP contribution in [0.5, 0.6) is 0 Å². The van der Waals surface area contributed by atoms with Crippen molar-refractivity contribution in [3.05, 3.63) is 110 Å². The molecule has 35 heavy (non-hydrogen) atoms. The lowest BCUT2D eigenvalue weighted by Crippen LogP contribution is -2.18. The second kappa shape index (κ2) is 9.60. The van der Waals surface area contributed by atoms with Crippen LogP contribution in [0.3, 0.4) is 0 Å². The van der Waals surface area contributed by atoms with E-state index in [1.54, 1.807) is 25.1 Å². The molecule has 0 N–H and O–H groups in total. The second-order valence-corrected chi connectivity index (χ2v) is 7.07. The van der Waals surface area contributed by atoms with Crippen molar-refractivity contribution in [1.29, 1.82) is 15.8 Å². The van der Waals surface area contributed by atoms with E-state index in [4.69, 9.17) is 13.1 Å². The van der Waals surface area contributed by atoms with Crippen molar-refractivity contribution in [3.8, 4) is 29.3 Å². The largest absolute Gasteiger partial charge is 0.268 e. The van der Waals surface area contributed by atoms with Crippen LogP contribution in [0.4, 0.5) is 23.2 Å². The Morgan fingerprint density at radius 2 is 1.49 bits per heavy atom. The van der Waals surface area contributed by atoms with Gasteiger partial charge in [-0.2, -0.15) is 10.5 Å². The summed E-state index contributed by atoms with van der Waals surface area (Å²) in [4.78, 5) is 5.58. The lowest BCUT2D eigenvalue weighted by atomic mass is 9.92. The van der Waals surface area contributed by atoms with Gasteiger partial charge in [-0.05, 0) is 29.3 Å². The van der Waals surface area contributed by atoms with Gasteiger partial charge in [0, 0.05) is 10.8 Å². The van der Waals surface area contributed by atoms with E-state index in [1.165, 1.54) is 24.3 Å².